The minimum Gasteiger partial charge on any atom is -0.381 e. The molecule has 2 aliphatic heterocycles. The lowest BCUT2D eigenvalue weighted by Crippen LogP contribution is -2.27. The third-order valence-corrected chi connectivity index (χ3v) is 5.21. The summed E-state index contributed by atoms with van der Waals surface area (Å²) in [5, 5.41) is 15.8. The van der Waals surface area contributed by atoms with Crippen LogP contribution >= 0.6 is 15.9 Å². The second kappa shape index (κ2) is 5.85. The Bertz CT molecular complexity index is 727. The molecule has 0 bridgehead atoms. The summed E-state index contributed by atoms with van der Waals surface area (Å²) in [4.78, 5) is 2.59. The van der Waals surface area contributed by atoms with Crippen molar-refractivity contribution in [2.24, 2.45) is 11.8 Å². The molecule has 2 atom stereocenters. The Kier molecular flexibility index (Phi) is 3.82. The number of hydrogen-bond donors (Lipinski definition) is 0. The molecule has 0 saturated carbocycles. The summed E-state index contributed by atoms with van der Waals surface area (Å²) in [6, 6.07) is 4.55. The molecule has 0 aliphatic carbocycles. The number of ether oxygens (including phenoxy) is 1. The van der Waals surface area contributed by atoms with Crippen molar-refractivity contribution in [3.8, 4) is 11.3 Å². The van der Waals surface area contributed by atoms with Crippen LogP contribution < -0.4 is 4.90 Å². The molecule has 1 aromatic heterocycles. The van der Waals surface area contributed by atoms with Gasteiger partial charge in [0.25, 0.3) is 0 Å². The number of benzene rings is 1. The number of fused-ring (bicyclic) bond motifs is 1. The van der Waals surface area contributed by atoms with Crippen LogP contribution in [0.15, 0.2) is 27.3 Å². The predicted molar refractivity (Wildman–Crippen MR) is 81.6 cm³/mol. The molecule has 122 valence electrons. The molecule has 0 radical (unpaired) electrons. The van der Waals surface area contributed by atoms with Gasteiger partial charge in [-0.15, -0.1) is 0 Å². The highest BCUT2D eigenvalue weighted by molar-refractivity contribution is 9.10. The predicted octanol–water partition coefficient (Wildman–Crippen LogP) is 1.95. The Morgan fingerprint density at radius 2 is 2.09 bits per heavy atom. The highest BCUT2D eigenvalue weighted by Crippen LogP contribution is 2.31. The molecule has 1 aromatic carbocycles. The molecule has 0 amide bonds. The van der Waals surface area contributed by atoms with Crippen molar-refractivity contribution in [3.63, 3.8) is 0 Å². The van der Waals surface area contributed by atoms with Crippen molar-refractivity contribution >= 4 is 15.9 Å². The number of rotatable bonds is 3. The quantitative estimate of drug-likeness (QED) is 0.757. The van der Waals surface area contributed by atoms with Crippen molar-refractivity contribution in [1.82, 2.24) is 10.1 Å². The summed E-state index contributed by atoms with van der Waals surface area (Å²) in [6.07, 6.45) is 0. The molecule has 0 spiro atoms. The van der Waals surface area contributed by atoms with Gasteiger partial charge < -0.3 is 9.94 Å². The van der Waals surface area contributed by atoms with E-state index in [1.54, 1.807) is 12.1 Å². The Balaban J connectivity index is 1.59. The van der Waals surface area contributed by atoms with E-state index in [4.69, 9.17) is 9.37 Å². The zero-order chi connectivity index (χ0) is 16.0. The lowest BCUT2D eigenvalue weighted by molar-refractivity contribution is -0.793. The van der Waals surface area contributed by atoms with E-state index in [1.165, 1.54) is 6.07 Å². The minimum atomic E-state index is -0.428. The normalized spacial score (nSPS) is 24.3. The number of aromatic nitrogens is 2. The summed E-state index contributed by atoms with van der Waals surface area (Å²) >= 11 is 3.11. The summed E-state index contributed by atoms with van der Waals surface area (Å²) in [5.74, 6) is 0.673. The topological polar surface area (TPSA) is 65.4 Å². The molecule has 0 unspecified atom stereocenters. The molecule has 2 saturated heterocycles. The van der Waals surface area contributed by atoms with E-state index >= 15 is 0 Å². The van der Waals surface area contributed by atoms with Crippen molar-refractivity contribution < 1.29 is 18.7 Å². The van der Waals surface area contributed by atoms with E-state index in [0.29, 0.717) is 39.0 Å². The van der Waals surface area contributed by atoms with E-state index in [2.05, 4.69) is 26.0 Å². The third-order valence-electron chi connectivity index (χ3n) is 4.56. The smallest absolute Gasteiger partial charge is 0.240 e. The van der Waals surface area contributed by atoms with E-state index in [9.17, 15) is 9.60 Å². The Hall–Kier alpha value is -1.51. The number of hydrogen-bond acceptors (Lipinski definition) is 5. The fourth-order valence-corrected chi connectivity index (χ4v) is 3.67. The lowest BCUT2D eigenvalue weighted by Gasteiger charge is -2.13. The first kappa shape index (κ1) is 15.0. The fourth-order valence-electron chi connectivity index (χ4n) is 3.42. The van der Waals surface area contributed by atoms with Crippen molar-refractivity contribution in [1.29, 1.82) is 0 Å². The largest absolute Gasteiger partial charge is 0.381 e. The van der Waals surface area contributed by atoms with Gasteiger partial charge in [0.05, 0.1) is 24.2 Å². The van der Waals surface area contributed by atoms with Gasteiger partial charge in [0.2, 0.25) is 11.4 Å². The molecular weight excluding hydrogens is 369 g/mol. The SMILES string of the molecule is [O-][n+]1onc(CN2C[C@H]3COC[C@H]3C2)c1-c1ccc(Br)c(F)c1. The van der Waals surface area contributed by atoms with Crippen LogP contribution in [0.5, 0.6) is 0 Å². The van der Waals surface area contributed by atoms with Gasteiger partial charge in [-0.2, -0.15) is 0 Å². The molecule has 3 heterocycles. The van der Waals surface area contributed by atoms with Gasteiger partial charge in [-0.25, -0.2) is 4.39 Å². The summed E-state index contributed by atoms with van der Waals surface area (Å²) in [6.45, 7) is 3.95. The second-order valence-electron chi connectivity index (χ2n) is 6.11. The standard InChI is InChI=1S/C15H15BrFN3O3/c16-12-2-1-9(3-13(12)17)15-14(18-23-20(15)21)6-19-4-10-7-22-8-11(10)5-19/h1-3,10-11H,4-8H2/t10-,11+. The van der Waals surface area contributed by atoms with E-state index in [0.717, 1.165) is 26.3 Å². The molecule has 23 heavy (non-hydrogen) atoms. The van der Waals surface area contributed by atoms with Gasteiger partial charge in [-0.3, -0.25) is 9.53 Å². The van der Waals surface area contributed by atoms with Crippen molar-refractivity contribution in [2.75, 3.05) is 26.3 Å². The van der Waals surface area contributed by atoms with Crippen LogP contribution in [0.4, 0.5) is 4.39 Å². The van der Waals surface area contributed by atoms with Crippen LogP contribution in [0.25, 0.3) is 11.3 Å². The van der Waals surface area contributed by atoms with Gasteiger partial charge in [-0.05, 0) is 39.0 Å². The van der Waals surface area contributed by atoms with Crippen LogP contribution in [0, 0.1) is 22.9 Å². The van der Waals surface area contributed by atoms with Crippen LogP contribution in [0.2, 0.25) is 0 Å². The average molecular weight is 384 g/mol. The molecule has 4 rings (SSSR count). The molecule has 0 N–H and O–H groups in total. The number of likely N-dealkylation sites (tertiary alicyclic amines) is 1. The van der Waals surface area contributed by atoms with Crippen LogP contribution in [-0.2, 0) is 11.3 Å². The summed E-state index contributed by atoms with van der Waals surface area (Å²) < 4.78 is 24.3. The molecule has 2 aliphatic rings. The minimum absolute atomic E-state index is 0.268. The molecular formula is C15H15BrFN3O3. The zero-order valence-corrected chi connectivity index (χ0v) is 13.8. The Morgan fingerprint density at radius 3 is 2.78 bits per heavy atom. The molecule has 2 fully saturated rings. The van der Waals surface area contributed by atoms with Crippen LogP contribution in [0.3, 0.4) is 0 Å². The van der Waals surface area contributed by atoms with E-state index in [1.807, 2.05) is 0 Å². The third kappa shape index (κ3) is 2.75. The highest BCUT2D eigenvalue weighted by atomic mass is 79.9. The maximum Gasteiger partial charge on any atom is 0.240 e. The molecule has 8 heteroatoms. The maximum atomic E-state index is 13.8. The van der Waals surface area contributed by atoms with Crippen LogP contribution in [-0.4, -0.2) is 36.4 Å². The molecule has 6 nitrogen and oxygen atoms in total. The first-order valence-electron chi connectivity index (χ1n) is 7.46. The van der Waals surface area contributed by atoms with E-state index < -0.39 is 5.82 Å². The Labute approximate surface area is 140 Å². The van der Waals surface area contributed by atoms with Gasteiger partial charge in [-0.1, -0.05) is 0 Å². The Morgan fingerprint density at radius 1 is 1.35 bits per heavy atom. The molecule has 2 aromatic rings. The van der Waals surface area contributed by atoms with E-state index in [-0.39, 0.29) is 5.69 Å². The highest BCUT2D eigenvalue weighted by Gasteiger charge is 2.38. The fraction of sp³-hybridized carbons (Fsp3) is 0.467. The zero-order valence-electron chi connectivity index (χ0n) is 12.2. The first-order valence-corrected chi connectivity index (χ1v) is 8.25. The monoisotopic (exact) mass is 383 g/mol. The first-order chi connectivity index (χ1) is 11.1. The van der Waals surface area contributed by atoms with Gasteiger partial charge in [0.1, 0.15) is 5.82 Å². The van der Waals surface area contributed by atoms with Gasteiger partial charge in [0, 0.05) is 35.6 Å². The second-order valence-corrected chi connectivity index (χ2v) is 6.96. The van der Waals surface area contributed by atoms with Crippen molar-refractivity contribution in [2.45, 2.75) is 6.54 Å². The average Bonchev–Trinajstić information content (AvgIpc) is 3.18. The number of nitrogens with zero attached hydrogens (tertiary/aromatic N) is 3. The van der Waals surface area contributed by atoms with Gasteiger partial charge >= 0.3 is 0 Å². The van der Waals surface area contributed by atoms with Gasteiger partial charge in [0.15, 0.2) is 0 Å². The lowest BCUT2D eigenvalue weighted by atomic mass is 10.0. The summed E-state index contributed by atoms with van der Waals surface area (Å²) in [7, 11) is 0. The number of halogens is 2. The summed E-state index contributed by atoms with van der Waals surface area (Å²) in [5.41, 5.74) is 1.26. The maximum absolute atomic E-state index is 13.8. The van der Waals surface area contributed by atoms with Crippen LogP contribution in [0.1, 0.15) is 5.69 Å². The van der Waals surface area contributed by atoms with Crippen molar-refractivity contribution in [3.05, 3.63) is 39.4 Å².